The van der Waals surface area contributed by atoms with E-state index in [4.69, 9.17) is 4.74 Å². The molecule has 1 aliphatic carbocycles. The SMILES string of the molecule is CCCc1ccc(CCC2(C(=O)O)CCCC(C(=O)OCc3ccccc3)C2)cc1. The second kappa shape index (κ2) is 10.4. The van der Waals surface area contributed by atoms with E-state index in [9.17, 15) is 14.7 Å². The summed E-state index contributed by atoms with van der Waals surface area (Å²) in [5.74, 6) is -1.40. The Labute approximate surface area is 179 Å². The summed E-state index contributed by atoms with van der Waals surface area (Å²) in [7, 11) is 0. The van der Waals surface area contributed by atoms with Gasteiger partial charge in [0, 0.05) is 0 Å². The standard InChI is InChI=1S/C26H32O4/c1-2-7-20-11-13-21(14-12-20)15-17-26(25(28)29)16-6-10-23(18-26)24(27)30-19-22-8-4-3-5-9-22/h3-5,8-9,11-14,23H,2,6-7,10,15-19H2,1H3,(H,28,29). The van der Waals surface area contributed by atoms with E-state index in [1.165, 1.54) is 5.56 Å². The summed E-state index contributed by atoms with van der Waals surface area (Å²) in [6, 6.07) is 18.1. The summed E-state index contributed by atoms with van der Waals surface area (Å²) in [5, 5.41) is 10.0. The monoisotopic (exact) mass is 408 g/mol. The molecule has 1 fully saturated rings. The molecule has 0 heterocycles. The Kier molecular flexibility index (Phi) is 7.67. The van der Waals surface area contributed by atoms with Crippen molar-refractivity contribution >= 4 is 11.9 Å². The van der Waals surface area contributed by atoms with Crippen LogP contribution in [0.1, 0.15) is 62.1 Å². The molecule has 0 spiro atoms. The van der Waals surface area contributed by atoms with Gasteiger partial charge in [-0.25, -0.2) is 0 Å². The molecule has 1 N–H and O–H groups in total. The van der Waals surface area contributed by atoms with Gasteiger partial charge in [-0.1, -0.05) is 74.4 Å². The van der Waals surface area contributed by atoms with E-state index < -0.39 is 11.4 Å². The van der Waals surface area contributed by atoms with Crippen LogP contribution in [0.2, 0.25) is 0 Å². The first-order valence-corrected chi connectivity index (χ1v) is 11.0. The number of carboxylic acid groups (broad SMARTS) is 1. The van der Waals surface area contributed by atoms with Gasteiger partial charge in [0.1, 0.15) is 6.61 Å². The summed E-state index contributed by atoms with van der Waals surface area (Å²) in [4.78, 5) is 24.9. The molecule has 2 unspecified atom stereocenters. The number of rotatable bonds is 9. The third-order valence-corrected chi connectivity index (χ3v) is 6.31. The normalized spacial score (nSPS) is 21.2. The van der Waals surface area contributed by atoms with E-state index in [2.05, 4.69) is 31.2 Å². The maximum Gasteiger partial charge on any atom is 0.309 e. The van der Waals surface area contributed by atoms with E-state index in [0.717, 1.165) is 30.4 Å². The third-order valence-electron chi connectivity index (χ3n) is 6.31. The van der Waals surface area contributed by atoms with Crippen molar-refractivity contribution in [2.75, 3.05) is 0 Å². The molecule has 0 bridgehead atoms. The first-order chi connectivity index (χ1) is 14.5. The number of benzene rings is 2. The first-order valence-electron chi connectivity index (χ1n) is 11.0. The van der Waals surface area contributed by atoms with Crippen LogP contribution in [0.15, 0.2) is 54.6 Å². The lowest BCUT2D eigenvalue weighted by Crippen LogP contribution is -2.39. The van der Waals surface area contributed by atoms with Crippen LogP contribution < -0.4 is 0 Å². The minimum Gasteiger partial charge on any atom is -0.481 e. The Morgan fingerprint density at radius 1 is 1.00 bits per heavy atom. The summed E-state index contributed by atoms with van der Waals surface area (Å²) < 4.78 is 5.51. The lowest BCUT2D eigenvalue weighted by molar-refractivity contribution is -0.159. The minimum absolute atomic E-state index is 0.236. The Balaban J connectivity index is 1.60. The van der Waals surface area contributed by atoms with Gasteiger partial charge in [-0.3, -0.25) is 9.59 Å². The van der Waals surface area contributed by atoms with Gasteiger partial charge in [0.25, 0.3) is 0 Å². The lowest BCUT2D eigenvalue weighted by Gasteiger charge is -2.36. The van der Waals surface area contributed by atoms with Gasteiger partial charge in [-0.2, -0.15) is 0 Å². The number of aryl methyl sites for hydroxylation is 2. The number of hydrogen-bond donors (Lipinski definition) is 1. The average Bonchev–Trinajstić information content (AvgIpc) is 2.78. The molecule has 30 heavy (non-hydrogen) atoms. The second-order valence-corrected chi connectivity index (χ2v) is 8.54. The molecule has 160 valence electrons. The highest BCUT2D eigenvalue weighted by Crippen LogP contribution is 2.43. The van der Waals surface area contributed by atoms with E-state index >= 15 is 0 Å². The molecule has 1 aliphatic rings. The molecule has 0 radical (unpaired) electrons. The summed E-state index contributed by atoms with van der Waals surface area (Å²) in [6.45, 7) is 2.40. The zero-order valence-corrected chi connectivity index (χ0v) is 17.8. The van der Waals surface area contributed by atoms with Crippen LogP contribution in [0.5, 0.6) is 0 Å². The number of carboxylic acids is 1. The van der Waals surface area contributed by atoms with Crippen molar-refractivity contribution in [3.05, 3.63) is 71.3 Å². The van der Waals surface area contributed by atoms with Crippen molar-refractivity contribution in [1.29, 1.82) is 0 Å². The molecule has 4 heteroatoms. The predicted molar refractivity (Wildman–Crippen MR) is 117 cm³/mol. The van der Waals surface area contributed by atoms with Gasteiger partial charge in [-0.05, 0) is 55.2 Å². The van der Waals surface area contributed by atoms with Crippen molar-refractivity contribution in [1.82, 2.24) is 0 Å². The average molecular weight is 409 g/mol. The van der Waals surface area contributed by atoms with E-state index in [1.807, 2.05) is 30.3 Å². The number of carbonyl (C=O) groups excluding carboxylic acids is 1. The number of ether oxygens (including phenoxy) is 1. The van der Waals surface area contributed by atoms with E-state index in [0.29, 0.717) is 32.1 Å². The lowest BCUT2D eigenvalue weighted by atomic mass is 9.67. The maximum absolute atomic E-state index is 12.6. The highest BCUT2D eigenvalue weighted by atomic mass is 16.5. The fraction of sp³-hybridized carbons (Fsp3) is 0.462. The number of carbonyl (C=O) groups is 2. The smallest absolute Gasteiger partial charge is 0.309 e. The van der Waals surface area contributed by atoms with Crippen LogP contribution >= 0.6 is 0 Å². The molecule has 0 amide bonds. The van der Waals surface area contributed by atoms with Gasteiger partial charge in [0.2, 0.25) is 0 Å². The fourth-order valence-electron chi connectivity index (χ4n) is 4.48. The molecule has 1 saturated carbocycles. The Hall–Kier alpha value is -2.62. The van der Waals surface area contributed by atoms with E-state index in [-0.39, 0.29) is 18.5 Å². The first kappa shape index (κ1) is 22.1. The second-order valence-electron chi connectivity index (χ2n) is 8.54. The molecule has 0 aromatic heterocycles. The minimum atomic E-state index is -0.850. The predicted octanol–water partition coefficient (Wildman–Crippen LogP) is 5.58. The van der Waals surface area contributed by atoms with Crippen molar-refractivity contribution in [2.24, 2.45) is 11.3 Å². The maximum atomic E-state index is 12.6. The summed E-state index contributed by atoms with van der Waals surface area (Å²) in [5.41, 5.74) is 2.56. The zero-order valence-electron chi connectivity index (χ0n) is 17.8. The van der Waals surface area contributed by atoms with E-state index in [1.54, 1.807) is 0 Å². The van der Waals surface area contributed by atoms with Crippen molar-refractivity contribution in [3.8, 4) is 0 Å². The fourth-order valence-corrected chi connectivity index (χ4v) is 4.48. The quantitative estimate of drug-likeness (QED) is 0.551. The molecule has 3 rings (SSSR count). The number of aliphatic carboxylic acids is 1. The number of esters is 1. The molecule has 2 atom stereocenters. The van der Waals surface area contributed by atoms with Gasteiger partial charge < -0.3 is 9.84 Å². The largest absolute Gasteiger partial charge is 0.481 e. The van der Waals surface area contributed by atoms with Crippen LogP contribution in [-0.4, -0.2) is 17.0 Å². The van der Waals surface area contributed by atoms with Crippen LogP contribution in [-0.2, 0) is 33.8 Å². The molecule has 2 aromatic carbocycles. The van der Waals surface area contributed by atoms with Gasteiger partial charge in [-0.15, -0.1) is 0 Å². The van der Waals surface area contributed by atoms with Gasteiger partial charge in [0.15, 0.2) is 0 Å². The van der Waals surface area contributed by atoms with Crippen LogP contribution in [0.25, 0.3) is 0 Å². The Bertz CT molecular complexity index is 828. The number of hydrogen-bond acceptors (Lipinski definition) is 3. The Morgan fingerprint density at radius 3 is 2.30 bits per heavy atom. The van der Waals surface area contributed by atoms with Crippen molar-refractivity contribution in [3.63, 3.8) is 0 Å². The third kappa shape index (κ3) is 5.71. The van der Waals surface area contributed by atoms with Crippen LogP contribution in [0.3, 0.4) is 0 Å². The summed E-state index contributed by atoms with van der Waals surface area (Å²) >= 11 is 0. The Morgan fingerprint density at radius 2 is 1.67 bits per heavy atom. The molecular weight excluding hydrogens is 376 g/mol. The molecule has 2 aromatic rings. The zero-order chi connectivity index (χ0) is 21.4. The summed E-state index contributed by atoms with van der Waals surface area (Å²) in [6.07, 6.45) is 5.88. The highest BCUT2D eigenvalue weighted by Gasteiger charge is 2.44. The topological polar surface area (TPSA) is 63.6 Å². The highest BCUT2D eigenvalue weighted by molar-refractivity contribution is 5.78. The van der Waals surface area contributed by atoms with Crippen molar-refractivity contribution in [2.45, 2.75) is 64.9 Å². The molecule has 0 aliphatic heterocycles. The molecule has 0 saturated heterocycles. The molecular formula is C26H32O4. The molecule has 4 nitrogen and oxygen atoms in total. The van der Waals surface area contributed by atoms with Crippen molar-refractivity contribution < 1.29 is 19.4 Å². The van der Waals surface area contributed by atoms with Gasteiger partial charge >= 0.3 is 11.9 Å². The van der Waals surface area contributed by atoms with Crippen LogP contribution in [0.4, 0.5) is 0 Å². The van der Waals surface area contributed by atoms with Gasteiger partial charge in [0.05, 0.1) is 11.3 Å². The van der Waals surface area contributed by atoms with Crippen LogP contribution in [0, 0.1) is 11.3 Å².